The van der Waals surface area contributed by atoms with E-state index in [0.29, 0.717) is 18.1 Å². The van der Waals surface area contributed by atoms with Crippen LogP contribution in [0.4, 0.5) is 0 Å². The molecule has 3 rings (SSSR count). The molecule has 94 valence electrons. The summed E-state index contributed by atoms with van der Waals surface area (Å²) in [6, 6.07) is 6.37. The number of Topliss-reactive ketones (excluding diaryl/α,β-unsaturated/α-hetero) is 1. The number of carbonyl (C=O) groups excluding carboxylic acids is 1. The molecule has 1 aromatic rings. The van der Waals surface area contributed by atoms with Crippen LogP contribution in [0.15, 0.2) is 29.3 Å². The minimum atomic E-state index is 0.340. The van der Waals surface area contributed by atoms with E-state index in [4.69, 9.17) is 4.74 Å². The third-order valence-electron chi connectivity index (χ3n) is 4.37. The van der Waals surface area contributed by atoms with E-state index in [1.165, 1.54) is 16.7 Å². The smallest absolute Gasteiger partial charge is 0.158 e. The number of aryl methyl sites for hydroxylation is 1. The molecule has 0 saturated heterocycles. The molecule has 1 aromatic carbocycles. The fourth-order valence-electron chi connectivity index (χ4n) is 3.30. The lowest BCUT2D eigenvalue weighted by atomic mass is 9.71. The van der Waals surface area contributed by atoms with E-state index in [2.05, 4.69) is 12.1 Å². The summed E-state index contributed by atoms with van der Waals surface area (Å²) in [5.74, 6) is 1.71. The van der Waals surface area contributed by atoms with Gasteiger partial charge in [-0.25, -0.2) is 0 Å². The summed E-state index contributed by atoms with van der Waals surface area (Å²) in [7, 11) is 1.71. The lowest BCUT2D eigenvalue weighted by Gasteiger charge is -2.33. The molecule has 2 nitrogen and oxygen atoms in total. The second-order valence-corrected chi connectivity index (χ2v) is 5.23. The van der Waals surface area contributed by atoms with Crippen LogP contribution in [0.2, 0.25) is 0 Å². The van der Waals surface area contributed by atoms with Gasteiger partial charge in [-0.1, -0.05) is 11.6 Å². The SMILES string of the molecule is COc1ccc2c(c1)C1CCC(=O)C(C)=C1CC2. The molecule has 2 aliphatic carbocycles. The van der Waals surface area contributed by atoms with Crippen molar-refractivity contribution in [2.45, 2.75) is 38.5 Å². The van der Waals surface area contributed by atoms with Crippen molar-refractivity contribution in [3.8, 4) is 5.75 Å². The second-order valence-electron chi connectivity index (χ2n) is 5.23. The maximum atomic E-state index is 11.8. The molecular weight excluding hydrogens is 224 g/mol. The van der Waals surface area contributed by atoms with Gasteiger partial charge in [-0.15, -0.1) is 0 Å². The van der Waals surface area contributed by atoms with Crippen molar-refractivity contribution >= 4 is 5.78 Å². The summed E-state index contributed by atoms with van der Waals surface area (Å²) in [5.41, 5.74) is 5.18. The Hall–Kier alpha value is -1.57. The van der Waals surface area contributed by atoms with Crippen LogP contribution < -0.4 is 4.74 Å². The Balaban J connectivity index is 2.10. The molecule has 2 heteroatoms. The maximum Gasteiger partial charge on any atom is 0.158 e. The van der Waals surface area contributed by atoms with Gasteiger partial charge in [0.05, 0.1) is 7.11 Å². The molecule has 0 radical (unpaired) electrons. The van der Waals surface area contributed by atoms with Gasteiger partial charge in [0.1, 0.15) is 5.75 Å². The Morgan fingerprint density at radius 2 is 2.06 bits per heavy atom. The van der Waals surface area contributed by atoms with Crippen molar-refractivity contribution in [2.75, 3.05) is 7.11 Å². The molecule has 1 atom stereocenters. The zero-order chi connectivity index (χ0) is 12.7. The van der Waals surface area contributed by atoms with Crippen LogP contribution in [0.1, 0.15) is 43.2 Å². The molecule has 0 saturated carbocycles. The molecule has 0 aromatic heterocycles. The zero-order valence-electron chi connectivity index (χ0n) is 11.0. The molecule has 1 unspecified atom stereocenters. The predicted molar refractivity (Wildman–Crippen MR) is 71.0 cm³/mol. The first-order valence-corrected chi connectivity index (χ1v) is 6.60. The van der Waals surface area contributed by atoms with Gasteiger partial charge in [-0.2, -0.15) is 0 Å². The van der Waals surface area contributed by atoms with E-state index in [1.807, 2.05) is 13.0 Å². The van der Waals surface area contributed by atoms with Gasteiger partial charge in [0.25, 0.3) is 0 Å². The van der Waals surface area contributed by atoms with E-state index in [1.54, 1.807) is 7.11 Å². The fourth-order valence-corrected chi connectivity index (χ4v) is 3.30. The van der Waals surface area contributed by atoms with Crippen LogP contribution in [-0.4, -0.2) is 12.9 Å². The van der Waals surface area contributed by atoms with Gasteiger partial charge in [-0.3, -0.25) is 4.79 Å². The molecule has 0 aliphatic heterocycles. The molecule has 0 bridgehead atoms. The summed E-state index contributed by atoms with van der Waals surface area (Å²) >= 11 is 0. The topological polar surface area (TPSA) is 26.3 Å². The van der Waals surface area contributed by atoms with Gasteiger partial charge in [0.15, 0.2) is 5.78 Å². The quantitative estimate of drug-likeness (QED) is 0.754. The van der Waals surface area contributed by atoms with Gasteiger partial charge >= 0.3 is 0 Å². The van der Waals surface area contributed by atoms with Crippen molar-refractivity contribution in [3.63, 3.8) is 0 Å². The van der Waals surface area contributed by atoms with Crippen LogP contribution >= 0.6 is 0 Å². The minimum Gasteiger partial charge on any atom is -0.497 e. The summed E-state index contributed by atoms with van der Waals surface area (Å²) < 4.78 is 5.32. The highest BCUT2D eigenvalue weighted by atomic mass is 16.5. The lowest BCUT2D eigenvalue weighted by Crippen LogP contribution is -2.22. The molecule has 0 spiro atoms. The van der Waals surface area contributed by atoms with E-state index >= 15 is 0 Å². The first-order valence-electron chi connectivity index (χ1n) is 6.60. The largest absolute Gasteiger partial charge is 0.497 e. The maximum absolute atomic E-state index is 11.8. The fraction of sp³-hybridized carbons (Fsp3) is 0.438. The number of benzene rings is 1. The number of fused-ring (bicyclic) bond motifs is 3. The second kappa shape index (κ2) is 4.27. The Morgan fingerprint density at radius 1 is 1.22 bits per heavy atom. The van der Waals surface area contributed by atoms with Crippen LogP contribution in [-0.2, 0) is 11.2 Å². The van der Waals surface area contributed by atoms with Gasteiger partial charge in [-0.05, 0) is 55.0 Å². The number of hydrogen-bond acceptors (Lipinski definition) is 2. The Morgan fingerprint density at radius 3 is 2.83 bits per heavy atom. The highest BCUT2D eigenvalue weighted by Crippen LogP contribution is 2.44. The van der Waals surface area contributed by atoms with Gasteiger partial charge < -0.3 is 4.74 Å². The average molecular weight is 242 g/mol. The van der Waals surface area contributed by atoms with E-state index < -0.39 is 0 Å². The highest BCUT2D eigenvalue weighted by molar-refractivity contribution is 5.97. The molecule has 0 fully saturated rings. The van der Waals surface area contributed by atoms with Crippen LogP contribution in [0.5, 0.6) is 5.75 Å². The van der Waals surface area contributed by atoms with E-state index in [0.717, 1.165) is 30.6 Å². The van der Waals surface area contributed by atoms with Crippen LogP contribution in [0.25, 0.3) is 0 Å². The van der Waals surface area contributed by atoms with Crippen molar-refractivity contribution in [2.24, 2.45) is 0 Å². The molecule has 0 heterocycles. The lowest BCUT2D eigenvalue weighted by molar-refractivity contribution is -0.116. The van der Waals surface area contributed by atoms with Crippen molar-refractivity contribution in [3.05, 3.63) is 40.5 Å². The number of hydrogen-bond donors (Lipinski definition) is 0. The molecule has 18 heavy (non-hydrogen) atoms. The number of ether oxygens (including phenoxy) is 1. The monoisotopic (exact) mass is 242 g/mol. The van der Waals surface area contributed by atoms with Gasteiger partial charge in [0.2, 0.25) is 0 Å². The summed E-state index contributed by atoms with van der Waals surface area (Å²) in [6.45, 7) is 2.00. The third kappa shape index (κ3) is 1.67. The number of methoxy groups -OCH3 is 1. The molecule has 0 N–H and O–H groups in total. The standard InChI is InChI=1S/C16H18O2/c1-10-13-6-4-11-3-5-12(18-2)9-15(11)14(13)7-8-16(10)17/h3,5,9,14H,4,6-8H2,1-2H3. The number of rotatable bonds is 1. The Labute approximate surface area is 108 Å². The average Bonchev–Trinajstić information content (AvgIpc) is 2.41. The number of ketones is 1. The zero-order valence-corrected chi connectivity index (χ0v) is 11.0. The van der Waals surface area contributed by atoms with Crippen molar-refractivity contribution < 1.29 is 9.53 Å². The number of allylic oxidation sites excluding steroid dienone is 2. The van der Waals surface area contributed by atoms with Crippen molar-refractivity contribution in [1.82, 2.24) is 0 Å². The first-order chi connectivity index (χ1) is 8.70. The third-order valence-corrected chi connectivity index (χ3v) is 4.37. The van der Waals surface area contributed by atoms with E-state index in [9.17, 15) is 4.79 Å². The Bertz CT molecular complexity index is 540. The number of carbonyl (C=O) groups is 1. The van der Waals surface area contributed by atoms with Crippen LogP contribution in [0, 0.1) is 0 Å². The minimum absolute atomic E-state index is 0.340. The highest BCUT2D eigenvalue weighted by Gasteiger charge is 2.31. The van der Waals surface area contributed by atoms with Crippen molar-refractivity contribution in [1.29, 1.82) is 0 Å². The molecule has 2 aliphatic rings. The summed E-state index contributed by atoms with van der Waals surface area (Å²) in [5, 5.41) is 0. The summed E-state index contributed by atoms with van der Waals surface area (Å²) in [6.07, 6.45) is 3.75. The summed E-state index contributed by atoms with van der Waals surface area (Å²) in [4.78, 5) is 11.8. The first kappa shape index (κ1) is 11.5. The predicted octanol–water partition coefficient (Wildman–Crippen LogP) is 3.40. The molecule has 0 amide bonds. The Kier molecular flexibility index (Phi) is 2.73. The molecular formula is C16H18O2. The normalized spacial score (nSPS) is 22.6. The van der Waals surface area contributed by atoms with Gasteiger partial charge in [0, 0.05) is 12.3 Å². The van der Waals surface area contributed by atoms with E-state index in [-0.39, 0.29) is 0 Å². The van der Waals surface area contributed by atoms with Crippen LogP contribution in [0.3, 0.4) is 0 Å².